The van der Waals surface area contributed by atoms with E-state index in [4.69, 9.17) is 4.74 Å². The van der Waals surface area contributed by atoms with Gasteiger partial charge >= 0.3 is 12.1 Å². The minimum absolute atomic E-state index is 0.238. The molecule has 8 heteroatoms. The van der Waals surface area contributed by atoms with Crippen molar-refractivity contribution >= 4 is 39.8 Å². The van der Waals surface area contributed by atoms with Gasteiger partial charge in [0.15, 0.2) is 0 Å². The third kappa shape index (κ3) is 7.53. The largest absolute Gasteiger partial charge is 0.467 e. The van der Waals surface area contributed by atoms with E-state index in [2.05, 4.69) is 26.0 Å². The first-order chi connectivity index (χ1) is 11.1. The van der Waals surface area contributed by atoms with Gasteiger partial charge in [-0.05, 0) is 38.5 Å². The molecule has 0 aromatic heterocycles. The maximum absolute atomic E-state index is 13.8. The molecule has 0 spiro atoms. The molecule has 0 fully saturated rings. The van der Waals surface area contributed by atoms with Crippen molar-refractivity contribution < 1.29 is 23.5 Å². The quantitative estimate of drug-likeness (QED) is 0.705. The maximum Gasteiger partial charge on any atom is 0.408 e. The molecule has 0 saturated carbocycles. The molecule has 0 heterocycles. The van der Waals surface area contributed by atoms with Crippen molar-refractivity contribution in [3.8, 4) is 0 Å². The summed E-state index contributed by atoms with van der Waals surface area (Å²) in [6.07, 6.45) is -0.701. The van der Waals surface area contributed by atoms with Gasteiger partial charge in [0.2, 0.25) is 0 Å². The number of esters is 1. The highest BCUT2D eigenvalue weighted by atomic mass is 79.9. The van der Waals surface area contributed by atoms with Crippen molar-refractivity contribution in [1.82, 2.24) is 5.32 Å². The molecule has 1 rings (SSSR count). The van der Waals surface area contributed by atoms with Crippen molar-refractivity contribution in [2.75, 3.05) is 12.9 Å². The third-order valence-corrected chi connectivity index (χ3v) is 4.31. The Kier molecular flexibility index (Phi) is 8.02. The van der Waals surface area contributed by atoms with Crippen molar-refractivity contribution in [2.24, 2.45) is 0 Å². The van der Waals surface area contributed by atoms with Gasteiger partial charge in [0.1, 0.15) is 17.5 Å². The van der Waals surface area contributed by atoms with Crippen LogP contribution in [-0.4, -0.2) is 36.6 Å². The number of benzene rings is 1. The number of hydrogen-bond acceptors (Lipinski definition) is 5. The molecule has 24 heavy (non-hydrogen) atoms. The first-order valence-electron chi connectivity index (χ1n) is 7.21. The molecule has 0 aliphatic carbocycles. The van der Waals surface area contributed by atoms with E-state index in [1.807, 2.05) is 0 Å². The number of hydrogen-bond donors (Lipinski definition) is 1. The number of methoxy groups -OCH3 is 1. The van der Waals surface area contributed by atoms with Gasteiger partial charge in [-0.15, -0.1) is 0 Å². The van der Waals surface area contributed by atoms with Crippen LogP contribution >= 0.6 is 27.7 Å². The van der Waals surface area contributed by atoms with E-state index >= 15 is 0 Å². The van der Waals surface area contributed by atoms with Crippen LogP contribution < -0.4 is 5.32 Å². The number of carbonyl (C=O) groups excluding carboxylic acids is 2. The minimum Gasteiger partial charge on any atom is -0.467 e. The molecule has 5 nitrogen and oxygen atoms in total. The van der Waals surface area contributed by atoms with E-state index in [0.29, 0.717) is 15.8 Å². The first kappa shape index (κ1) is 20.8. The highest BCUT2D eigenvalue weighted by Gasteiger charge is 2.25. The zero-order valence-corrected chi connectivity index (χ0v) is 16.4. The van der Waals surface area contributed by atoms with E-state index in [0.717, 1.165) is 0 Å². The van der Waals surface area contributed by atoms with Gasteiger partial charge in [-0.3, -0.25) is 0 Å². The van der Waals surface area contributed by atoms with Crippen LogP contribution in [0.5, 0.6) is 0 Å². The molecule has 0 bridgehead atoms. The fourth-order valence-corrected chi connectivity index (χ4v) is 3.05. The number of carbonyl (C=O) groups is 2. The Morgan fingerprint density at radius 1 is 1.38 bits per heavy atom. The topological polar surface area (TPSA) is 64.6 Å². The lowest BCUT2D eigenvalue weighted by Gasteiger charge is -2.22. The summed E-state index contributed by atoms with van der Waals surface area (Å²) in [6.45, 7) is 5.18. The van der Waals surface area contributed by atoms with E-state index in [1.165, 1.54) is 24.9 Å². The number of thioether (sulfide) groups is 1. The summed E-state index contributed by atoms with van der Waals surface area (Å²) in [5.74, 6) is -0.305. The smallest absolute Gasteiger partial charge is 0.408 e. The highest BCUT2D eigenvalue weighted by Crippen LogP contribution is 2.20. The summed E-state index contributed by atoms with van der Waals surface area (Å²) in [5, 5.41) is 2.48. The second-order valence-corrected chi connectivity index (χ2v) is 7.92. The van der Waals surface area contributed by atoms with E-state index in [9.17, 15) is 14.0 Å². The van der Waals surface area contributed by atoms with Gasteiger partial charge < -0.3 is 14.8 Å². The summed E-state index contributed by atoms with van der Waals surface area (Å²) in [5.41, 5.74) is -0.151. The van der Waals surface area contributed by atoms with Gasteiger partial charge in [0, 0.05) is 16.0 Å². The van der Waals surface area contributed by atoms with Crippen LogP contribution in [0.2, 0.25) is 0 Å². The van der Waals surface area contributed by atoms with Crippen LogP contribution in [0.1, 0.15) is 26.3 Å². The molecule has 1 aromatic rings. The number of nitrogens with one attached hydrogen (secondary N) is 1. The average molecular weight is 422 g/mol. The van der Waals surface area contributed by atoms with Crippen LogP contribution in [0.15, 0.2) is 22.7 Å². The first-order valence-corrected chi connectivity index (χ1v) is 9.16. The molecule has 1 N–H and O–H groups in total. The maximum atomic E-state index is 13.8. The zero-order chi connectivity index (χ0) is 18.3. The summed E-state index contributed by atoms with van der Waals surface area (Å²) < 4.78 is 24.2. The SMILES string of the molecule is COC(=O)[C@H](CSCc1ccc(Br)cc1F)NC(=O)OC(C)(C)C. The lowest BCUT2D eigenvalue weighted by molar-refractivity contribution is -0.142. The molecule has 0 saturated heterocycles. The minimum atomic E-state index is -0.867. The average Bonchev–Trinajstić information content (AvgIpc) is 2.45. The fourth-order valence-electron chi connectivity index (χ4n) is 1.69. The van der Waals surface area contributed by atoms with Crippen molar-refractivity contribution in [2.45, 2.75) is 38.2 Å². The Morgan fingerprint density at radius 2 is 2.04 bits per heavy atom. The molecule has 0 unspecified atom stereocenters. The van der Waals surface area contributed by atoms with Gasteiger partial charge in [0.25, 0.3) is 0 Å². The van der Waals surface area contributed by atoms with Crippen molar-refractivity contribution in [3.05, 3.63) is 34.1 Å². The summed E-state index contributed by atoms with van der Waals surface area (Å²) in [4.78, 5) is 23.6. The molecular formula is C16H21BrFNO4S. The van der Waals surface area contributed by atoms with Crippen molar-refractivity contribution in [1.29, 1.82) is 0 Å². The van der Waals surface area contributed by atoms with E-state index < -0.39 is 23.7 Å². The number of ether oxygens (including phenoxy) is 2. The standard InChI is InChI=1S/C16H21BrFNO4S/c1-16(2,3)23-15(21)19-13(14(20)22-4)9-24-8-10-5-6-11(17)7-12(10)18/h5-7,13H,8-9H2,1-4H3,(H,19,21)/t13-/m0/s1. The van der Waals surface area contributed by atoms with Crippen LogP contribution in [0.25, 0.3) is 0 Å². The molecule has 1 amide bonds. The second-order valence-electron chi connectivity index (χ2n) is 5.97. The number of halogens is 2. The highest BCUT2D eigenvalue weighted by molar-refractivity contribution is 9.10. The number of rotatable bonds is 6. The monoisotopic (exact) mass is 421 g/mol. The predicted octanol–water partition coefficient (Wildman–Crippen LogP) is 3.89. The Morgan fingerprint density at radius 3 is 2.58 bits per heavy atom. The molecule has 0 aliphatic rings. The molecule has 134 valence electrons. The second kappa shape index (κ2) is 9.27. The fraction of sp³-hybridized carbons (Fsp3) is 0.500. The molecule has 0 radical (unpaired) electrons. The van der Waals surface area contributed by atoms with Crippen LogP contribution in [0.3, 0.4) is 0 Å². The van der Waals surface area contributed by atoms with Gasteiger partial charge in [-0.1, -0.05) is 22.0 Å². The molecule has 1 aromatic carbocycles. The number of alkyl carbamates (subject to hydrolysis) is 1. The van der Waals surface area contributed by atoms with Crippen molar-refractivity contribution in [3.63, 3.8) is 0 Å². The summed E-state index contributed by atoms with van der Waals surface area (Å²) >= 11 is 4.51. The lowest BCUT2D eigenvalue weighted by Crippen LogP contribution is -2.45. The summed E-state index contributed by atoms with van der Waals surface area (Å²) in [6, 6.07) is 3.93. The Hall–Kier alpha value is -1.28. The van der Waals surface area contributed by atoms with Gasteiger partial charge in [-0.2, -0.15) is 11.8 Å². The Bertz CT molecular complexity index is 592. The van der Waals surface area contributed by atoms with Crippen LogP contribution in [-0.2, 0) is 20.0 Å². The van der Waals surface area contributed by atoms with Crippen LogP contribution in [0.4, 0.5) is 9.18 Å². The zero-order valence-electron chi connectivity index (χ0n) is 14.0. The Labute approximate surface area is 153 Å². The van der Waals surface area contributed by atoms with E-state index in [-0.39, 0.29) is 11.6 Å². The molecular weight excluding hydrogens is 401 g/mol. The lowest BCUT2D eigenvalue weighted by atomic mass is 10.2. The predicted molar refractivity (Wildman–Crippen MR) is 95.4 cm³/mol. The van der Waals surface area contributed by atoms with Gasteiger partial charge in [0.05, 0.1) is 7.11 Å². The third-order valence-electron chi connectivity index (χ3n) is 2.73. The normalized spacial score (nSPS) is 12.4. The van der Waals surface area contributed by atoms with Gasteiger partial charge in [-0.25, -0.2) is 14.0 Å². The number of amides is 1. The van der Waals surface area contributed by atoms with Crippen LogP contribution in [0, 0.1) is 5.82 Å². The summed E-state index contributed by atoms with van der Waals surface area (Å²) in [7, 11) is 1.24. The molecule has 1 atom stereocenters. The Balaban J connectivity index is 2.60. The van der Waals surface area contributed by atoms with E-state index in [1.54, 1.807) is 32.9 Å². The molecule has 0 aliphatic heterocycles.